The maximum atomic E-state index is 12.7. The predicted molar refractivity (Wildman–Crippen MR) is 88.4 cm³/mol. The van der Waals surface area contributed by atoms with Crippen LogP contribution in [0.2, 0.25) is 0 Å². The van der Waals surface area contributed by atoms with E-state index in [9.17, 15) is 9.59 Å². The summed E-state index contributed by atoms with van der Waals surface area (Å²) in [6.07, 6.45) is 1.74. The first kappa shape index (κ1) is 14.5. The highest BCUT2D eigenvalue weighted by Crippen LogP contribution is 2.47. The first-order chi connectivity index (χ1) is 11.6. The number of benzene rings is 2. The van der Waals surface area contributed by atoms with E-state index in [1.165, 1.54) is 6.08 Å². The Morgan fingerprint density at radius 3 is 2.67 bits per heavy atom. The minimum atomic E-state index is -1.35. The van der Waals surface area contributed by atoms with Gasteiger partial charge in [0.1, 0.15) is 5.75 Å². The van der Waals surface area contributed by atoms with Crippen LogP contribution in [0.5, 0.6) is 5.75 Å². The number of carbonyl (C=O) groups is 2. The first-order valence-corrected chi connectivity index (χ1v) is 7.61. The Hall–Kier alpha value is -3.08. The molecule has 2 heterocycles. The van der Waals surface area contributed by atoms with Crippen LogP contribution in [-0.4, -0.2) is 19.0 Å². The van der Waals surface area contributed by atoms with Crippen molar-refractivity contribution in [1.82, 2.24) is 0 Å². The van der Waals surface area contributed by atoms with Crippen molar-refractivity contribution >= 4 is 23.1 Å². The molecule has 1 amide bonds. The fraction of sp³-hybridized carbons (Fsp3) is 0.158. The molecular weight excluding hydrogens is 306 g/mol. The van der Waals surface area contributed by atoms with E-state index in [0.29, 0.717) is 17.0 Å². The molecule has 1 atom stereocenters. The van der Waals surface area contributed by atoms with Crippen molar-refractivity contribution in [3.8, 4) is 5.75 Å². The van der Waals surface area contributed by atoms with Gasteiger partial charge in [0.25, 0.3) is 5.91 Å². The minimum absolute atomic E-state index is 0.286. The van der Waals surface area contributed by atoms with Crippen LogP contribution in [0.4, 0.5) is 5.69 Å². The molecule has 4 rings (SSSR count). The molecule has 5 heteroatoms. The molecule has 2 aliphatic rings. The summed E-state index contributed by atoms with van der Waals surface area (Å²) in [5.41, 5.74) is 1.60. The highest BCUT2D eigenvalue weighted by atomic mass is 16.6. The Balaban J connectivity index is 1.83. The number of carbonyl (C=O) groups excluding carboxylic acids is 2. The van der Waals surface area contributed by atoms with Gasteiger partial charge in [-0.25, -0.2) is 4.79 Å². The second-order valence-corrected chi connectivity index (χ2v) is 5.83. The second-order valence-electron chi connectivity index (χ2n) is 5.83. The maximum absolute atomic E-state index is 12.7. The first-order valence-electron chi connectivity index (χ1n) is 7.61. The molecule has 24 heavy (non-hydrogen) atoms. The molecule has 0 fully saturated rings. The Bertz CT molecular complexity index is 872. The van der Waals surface area contributed by atoms with Crippen LogP contribution in [0, 0.1) is 0 Å². The standard InChI is InChI=1S/C19H15NO4/c1-23-14-7-8-16-15(10-14)19(18(22)20-16)11-13(9-17(21)24-19)12-5-3-2-4-6-12/h2-10H,11H2,1H3,(H,20,22). The number of esters is 1. The van der Waals surface area contributed by atoms with E-state index in [-0.39, 0.29) is 12.3 Å². The molecule has 0 aliphatic carbocycles. The molecule has 1 spiro atoms. The lowest BCUT2D eigenvalue weighted by Gasteiger charge is -2.31. The van der Waals surface area contributed by atoms with Crippen molar-refractivity contribution in [2.75, 3.05) is 12.4 Å². The van der Waals surface area contributed by atoms with Crippen LogP contribution >= 0.6 is 0 Å². The molecule has 2 aromatic carbocycles. The molecule has 0 saturated heterocycles. The molecule has 2 aromatic rings. The van der Waals surface area contributed by atoms with Crippen molar-refractivity contribution in [2.45, 2.75) is 12.0 Å². The highest BCUT2D eigenvalue weighted by Gasteiger charge is 2.52. The fourth-order valence-corrected chi connectivity index (χ4v) is 3.25. The second kappa shape index (κ2) is 5.23. The Morgan fingerprint density at radius 2 is 1.92 bits per heavy atom. The minimum Gasteiger partial charge on any atom is -0.497 e. The van der Waals surface area contributed by atoms with Crippen LogP contribution in [0.25, 0.3) is 5.57 Å². The van der Waals surface area contributed by atoms with Gasteiger partial charge in [-0.15, -0.1) is 0 Å². The molecular formula is C19H15NO4. The van der Waals surface area contributed by atoms with E-state index >= 15 is 0 Å². The summed E-state index contributed by atoms with van der Waals surface area (Å²) in [5.74, 6) is -0.247. The SMILES string of the molecule is COc1ccc2c(c1)C1(CC(c3ccccc3)=CC(=O)O1)C(=O)N2. The predicted octanol–water partition coefficient (Wildman–Crippen LogP) is 2.87. The number of amides is 1. The van der Waals surface area contributed by atoms with Gasteiger partial charge in [-0.1, -0.05) is 30.3 Å². The van der Waals surface area contributed by atoms with Gasteiger partial charge in [0.05, 0.1) is 7.11 Å². The quantitative estimate of drug-likeness (QED) is 0.864. The summed E-state index contributed by atoms with van der Waals surface area (Å²) >= 11 is 0. The van der Waals surface area contributed by atoms with Crippen LogP contribution in [0.3, 0.4) is 0 Å². The Labute approximate surface area is 138 Å². The Morgan fingerprint density at radius 1 is 1.12 bits per heavy atom. The third kappa shape index (κ3) is 2.09. The zero-order valence-corrected chi connectivity index (χ0v) is 13.0. The van der Waals surface area contributed by atoms with Gasteiger partial charge in [0, 0.05) is 23.7 Å². The molecule has 1 N–H and O–H groups in total. The maximum Gasteiger partial charge on any atom is 0.332 e. The molecule has 5 nitrogen and oxygen atoms in total. The van der Waals surface area contributed by atoms with E-state index in [0.717, 1.165) is 11.1 Å². The number of methoxy groups -OCH3 is 1. The van der Waals surface area contributed by atoms with Gasteiger partial charge in [-0.05, 0) is 29.3 Å². The summed E-state index contributed by atoms with van der Waals surface area (Å²) in [5, 5.41) is 2.80. The van der Waals surface area contributed by atoms with Crippen LogP contribution < -0.4 is 10.1 Å². The third-order valence-corrected chi connectivity index (χ3v) is 4.43. The van der Waals surface area contributed by atoms with E-state index in [1.807, 2.05) is 30.3 Å². The molecule has 1 unspecified atom stereocenters. The summed E-state index contributed by atoms with van der Waals surface area (Å²) in [6, 6.07) is 14.8. The highest BCUT2D eigenvalue weighted by molar-refractivity contribution is 6.09. The lowest BCUT2D eigenvalue weighted by Crippen LogP contribution is -2.41. The molecule has 120 valence electrons. The smallest absolute Gasteiger partial charge is 0.332 e. The largest absolute Gasteiger partial charge is 0.497 e. The zero-order chi connectivity index (χ0) is 16.7. The van der Waals surface area contributed by atoms with E-state index in [4.69, 9.17) is 9.47 Å². The van der Waals surface area contributed by atoms with Gasteiger partial charge < -0.3 is 14.8 Å². The monoisotopic (exact) mass is 321 g/mol. The van der Waals surface area contributed by atoms with Crippen molar-refractivity contribution in [2.24, 2.45) is 0 Å². The Kier molecular flexibility index (Phi) is 3.16. The van der Waals surface area contributed by atoms with Crippen molar-refractivity contribution in [3.05, 3.63) is 65.7 Å². The normalized spacial score (nSPS) is 21.8. The number of fused-ring (bicyclic) bond motifs is 2. The van der Waals surface area contributed by atoms with Gasteiger partial charge in [-0.2, -0.15) is 0 Å². The van der Waals surface area contributed by atoms with Gasteiger partial charge in [0.15, 0.2) is 0 Å². The number of anilines is 1. The van der Waals surface area contributed by atoms with Crippen LogP contribution in [0.15, 0.2) is 54.6 Å². The van der Waals surface area contributed by atoms with Gasteiger partial charge in [0.2, 0.25) is 5.60 Å². The summed E-state index contributed by atoms with van der Waals surface area (Å²) in [7, 11) is 1.56. The summed E-state index contributed by atoms with van der Waals surface area (Å²) in [6.45, 7) is 0. The van der Waals surface area contributed by atoms with Crippen LogP contribution in [-0.2, 0) is 19.9 Å². The molecule has 0 saturated carbocycles. The summed E-state index contributed by atoms with van der Waals surface area (Å²) in [4.78, 5) is 24.9. The molecule has 0 aromatic heterocycles. The average molecular weight is 321 g/mol. The van der Waals surface area contributed by atoms with E-state index in [2.05, 4.69) is 5.32 Å². The molecule has 0 bridgehead atoms. The van der Waals surface area contributed by atoms with E-state index < -0.39 is 11.6 Å². The average Bonchev–Trinajstić information content (AvgIpc) is 2.86. The summed E-state index contributed by atoms with van der Waals surface area (Å²) < 4.78 is 10.8. The fourth-order valence-electron chi connectivity index (χ4n) is 3.25. The number of hydrogen-bond acceptors (Lipinski definition) is 4. The van der Waals surface area contributed by atoms with Gasteiger partial charge in [-0.3, -0.25) is 4.79 Å². The van der Waals surface area contributed by atoms with Crippen molar-refractivity contribution in [3.63, 3.8) is 0 Å². The molecule has 0 radical (unpaired) electrons. The van der Waals surface area contributed by atoms with Gasteiger partial charge >= 0.3 is 5.97 Å². The topological polar surface area (TPSA) is 64.6 Å². The lowest BCUT2D eigenvalue weighted by molar-refractivity contribution is -0.163. The van der Waals surface area contributed by atoms with Crippen LogP contribution in [0.1, 0.15) is 17.5 Å². The number of nitrogens with one attached hydrogen (secondary N) is 1. The lowest BCUT2D eigenvalue weighted by atomic mass is 9.83. The van der Waals surface area contributed by atoms with Crippen molar-refractivity contribution < 1.29 is 19.1 Å². The van der Waals surface area contributed by atoms with E-state index in [1.54, 1.807) is 25.3 Å². The number of hydrogen-bond donors (Lipinski definition) is 1. The van der Waals surface area contributed by atoms with Crippen molar-refractivity contribution in [1.29, 1.82) is 0 Å². The third-order valence-electron chi connectivity index (χ3n) is 4.43. The molecule has 2 aliphatic heterocycles. The number of ether oxygens (including phenoxy) is 2. The zero-order valence-electron chi connectivity index (χ0n) is 13.0. The number of rotatable bonds is 2.